The van der Waals surface area contributed by atoms with E-state index in [0.29, 0.717) is 6.54 Å². The molecule has 0 fully saturated rings. The third kappa shape index (κ3) is 3.90. The number of amides is 1. The van der Waals surface area contributed by atoms with Gasteiger partial charge in [-0.2, -0.15) is 0 Å². The monoisotopic (exact) mass is 221 g/mol. The van der Waals surface area contributed by atoms with Gasteiger partial charge < -0.3 is 16.4 Å². The summed E-state index contributed by atoms with van der Waals surface area (Å²) in [5, 5.41) is 6.06. The molecule has 1 aromatic rings. The third-order valence-corrected chi connectivity index (χ3v) is 2.25. The van der Waals surface area contributed by atoms with Crippen molar-refractivity contribution in [2.45, 2.75) is 20.3 Å². The lowest BCUT2D eigenvalue weighted by Gasteiger charge is -2.10. The lowest BCUT2D eigenvalue weighted by molar-refractivity contribution is -0.114. The summed E-state index contributed by atoms with van der Waals surface area (Å²) in [5.74, 6) is -0.0491. The van der Waals surface area contributed by atoms with Crippen LogP contribution in [0.2, 0.25) is 0 Å². The minimum Gasteiger partial charge on any atom is -0.385 e. The van der Waals surface area contributed by atoms with Crippen molar-refractivity contribution >= 4 is 17.3 Å². The van der Waals surface area contributed by atoms with Gasteiger partial charge in [0.25, 0.3) is 0 Å². The molecule has 88 valence electrons. The van der Waals surface area contributed by atoms with E-state index >= 15 is 0 Å². The SMILES string of the molecule is CC(=O)Nc1ccc(NCCCN)cc1C. The fourth-order valence-electron chi connectivity index (χ4n) is 1.44. The molecule has 1 aromatic carbocycles. The third-order valence-electron chi connectivity index (χ3n) is 2.25. The summed E-state index contributed by atoms with van der Waals surface area (Å²) in [6.45, 7) is 5.04. The number of carbonyl (C=O) groups is 1. The number of rotatable bonds is 5. The Kier molecular flexibility index (Phi) is 4.79. The number of nitrogens with one attached hydrogen (secondary N) is 2. The van der Waals surface area contributed by atoms with Crippen LogP contribution in [0.5, 0.6) is 0 Å². The van der Waals surface area contributed by atoms with Crippen LogP contribution in [-0.4, -0.2) is 19.0 Å². The van der Waals surface area contributed by atoms with E-state index in [1.165, 1.54) is 6.92 Å². The zero-order chi connectivity index (χ0) is 12.0. The molecular formula is C12H19N3O. The number of carbonyl (C=O) groups excluding carboxylic acids is 1. The van der Waals surface area contributed by atoms with Gasteiger partial charge in [-0.15, -0.1) is 0 Å². The van der Waals surface area contributed by atoms with E-state index in [9.17, 15) is 4.79 Å². The van der Waals surface area contributed by atoms with Crippen LogP contribution in [0.15, 0.2) is 18.2 Å². The molecule has 16 heavy (non-hydrogen) atoms. The molecule has 4 N–H and O–H groups in total. The maximum absolute atomic E-state index is 10.9. The Bertz CT molecular complexity index is 363. The molecule has 0 atom stereocenters. The van der Waals surface area contributed by atoms with Crippen molar-refractivity contribution in [3.63, 3.8) is 0 Å². The number of benzene rings is 1. The van der Waals surface area contributed by atoms with Crippen LogP contribution in [0.3, 0.4) is 0 Å². The van der Waals surface area contributed by atoms with E-state index in [0.717, 1.165) is 29.9 Å². The molecule has 0 saturated heterocycles. The summed E-state index contributed by atoms with van der Waals surface area (Å²) in [4.78, 5) is 10.9. The highest BCUT2D eigenvalue weighted by molar-refractivity contribution is 5.89. The van der Waals surface area contributed by atoms with Gasteiger partial charge in [0.05, 0.1) is 0 Å². The molecule has 0 spiro atoms. The van der Waals surface area contributed by atoms with Crippen molar-refractivity contribution in [2.75, 3.05) is 23.7 Å². The Morgan fingerprint density at radius 2 is 2.19 bits per heavy atom. The highest BCUT2D eigenvalue weighted by Gasteiger charge is 2.01. The molecule has 1 rings (SSSR count). The van der Waals surface area contributed by atoms with Crippen molar-refractivity contribution in [3.8, 4) is 0 Å². The fraction of sp³-hybridized carbons (Fsp3) is 0.417. The van der Waals surface area contributed by atoms with Gasteiger partial charge in [0.1, 0.15) is 0 Å². The standard InChI is InChI=1S/C12H19N3O/c1-9-8-11(14-7-3-6-13)4-5-12(9)15-10(2)16/h4-5,8,14H,3,6-7,13H2,1-2H3,(H,15,16). The Morgan fingerprint density at radius 3 is 2.75 bits per heavy atom. The molecule has 0 saturated carbocycles. The largest absolute Gasteiger partial charge is 0.385 e. The van der Waals surface area contributed by atoms with Crippen LogP contribution in [0.25, 0.3) is 0 Å². The predicted molar refractivity (Wildman–Crippen MR) is 67.6 cm³/mol. The summed E-state index contributed by atoms with van der Waals surface area (Å²) in [7, 11) is 0. The lowest BCUT2D eigenvalue weighted by atomic mass is 10.1. The zero-order valence-corrected chi connectivity index (χ0v) is 9.84. The van der Waals surface area contributed by atoms with Gasteiger partial charge in [-0.3, -0.25) is 4.79 Å². The first-order valence-electron chi connectivity index (χ1n) is 5.45. The molecule has 0 heterocycles. The summed E-state index contributed by atoms with van der Waals surface area (Å²) in [5.41, 5.74) is 8.38. The van der Waals surface area contributed by atoms with Crippen molar-refractivity contribution in [1.29, 1.82) is 0 Å². The van der Waals surface area contributed by atoms with Gasteiger partial charge >= 0.3 is 0 Å². The molecule has 0 radical (unpaired) electrons. The average Bonchev–Trinajstić information content (AvgIpc) is 2.22. The first-order chi connectivity index (χ1) is 7.63. The van der Waals surface area contributed by atoms with Crippen LogP contribution in [-0.2, 0) is 4.79 Å². The number of nitrogens with two attached hydrogens (primary N) is 1. The molecule has 4 heteroatoms. The topological polar surface area (TPSA) is 67.2 Å². The first kappa shape index (κ1) is 12.5. The van der Waals surface area contributed by atoms with Crippen molar-refractivity contribution in [2.24, 2.45) is 5.73 Å². The molecule has 0 aliphatic heterocycles. The van der Waals surface area contributed by atoms with Crippen molar-refractivity contribution in [1.82, 2.24) is 0 Å². The summed E-state index contributed by atoms with van der Waals surface area (Å²) < 4.78 is 0. The molecule has 0 aliphatic rings. The van der Waals surface area contributed by atoms with E-state index in [4.69, 9.17) is 5.73 Å². The molecule has 0 aromatic heterocycles. The molecule has 1 amide bonds. The second-order valence-electron chi connectivity index (χ2n) is 3.78. The maximum atomic E-state index is 10.9. The Balaban J connectivity index is 2.63. The van der Waals surface area contributed by atoms with Gasteiger partial charge in [0, 0.05) is 24.8 Å². The quantitative estimate of drug-likeness (QED) is 0.663. The molecule has 0 unspecified atom stereocenters. The predicted octanol–water partition coefficient (Wildman–Crippen LogP) is 1.71. The second-order valence-corrected chi connectivity index (χ2v) is 3.78. The number of hydrogen-bond donors (Lipinski definition) is 3. The van der Waals surface area contributed by atoms with Crippen molar-refractivity contribution in [3.05, 3.63) is 23.8 Å². The molecule has 0 aliphatic carbocycles. The number of hydrogen-bond acceptors (Lipinski definition) is 3. The van der Waals surface area contributed by atoms with E-state index < -0.39 is 0 Å². The van der Waals surface area contributed by atoms with E-state index in [1.54, 1.807) is 0 Å². The minimum absolute atomic E-state index is 0.0491. The molecule has 0 bridgehead atoms. The first-order valence-corrected chi connectivity index (χ1v) is 5.45. The molecular weight excluding hydrogens is 202 g/mol. The second kappa shape index (κ2) is 6.12. The highest BCUT2D eigenvalue weighted by Crippen LogP contribution is 2.19. The number of anilines is 2. The Labute approximate surface area is 96.2 Å². The van der Waals surface area contributed by atoms with Crippen LogP contribution >= 0.6 is 0 Å². The van der Waals surface area contributed by atoms with Crippen LogP contribution in [0.1, 0.15) is 18.9 Å². The smallest absolute Gasteiger partial charge is 0.221 e. The Morgan fingerprint density at radius 1 is 1.44 bits per heavy atom. The van der Waals surface area contributed by atoms with E-state index in [1.807, 2.05) is 25.1 Å². The van der Waals surface area contributed by atoms with Crippen LogP contribution in [0.4, 0.5) is 11.4 Å². The average molecular weight is 221 g/mol. The van der Waals surface area contributed by atoms with Gasteiger partial charge in [-0.05, 0) is 43.7 Å². The summed E-state index contributed by atoms with van der Waals surface area (Å²) in [6.07, 6.45) is 0.951. The molecule has 4 nitrogen and oxygen atoms in total. The summed E-state index contributed by atoms with van der Waals surface area (Å²) >= 11 is 0. The van der Waals surface area contributed by atoms with Gasteiger partial charge in [-0.1, -0.05) is 0 Å². The van der Waals surface area contributed by atoms with E-state index in [2.05, 4.69) is 10.6 Å². The van der Waals surface area contributed by atoms with Gasteiger partial charge in [0.15, 0.2) is 0 Å². The van der Waals surface area contributed by atoms with Gasteiger partial charge in [-0.25, -0.2) is 0 Å². The normalized spacial score (nSPS) is 9.94. The lowest BCUT2D eigenvalue weighted by Crippen LogP contribution is -2.09. The van der Waals surface area contributed by atoms with Crippen LogP contribution in [0, 0.1) is 6.92 Å². The zero-order valence-electron chi connectivity index (χ0n) is 9.84. The fourth-order valence-corrected chi connectivity index (χ4v) is 1.44. The van der Waals surface area contributed by atoms with E-state index in [-0.39, 0.29) is 5.91 Å². The minimum atomic E-state index is -0.0491. The van der Waals surface area contributed by atoms with Gasteiger partial charge in [0.2, 0.25) is 5.91 Å². The summed E-state index contributed by atoms with van der Waals surface area (Å²) in [6, 6.07) is 5.87. The van der Waals surface area contributed by atoms with Crippen molar-refractivity contribution < 1.29 is 4.79 Å². The van der Waals surface area contributed by atoms with Crippen LogP contribution < -0.4 is 16.4 Å². The highest BCUT2D eigenvalue weighted by atomic mass is 16.1. The number of aryl methyl sites for hydroxylation is 1. The Hall–Kier alpha value is -1.55. The maximum Gasteiger partial charge on any atom is 0.221 e.